The van der Waals surface area contributed by atoms with Crippen LogP contribution in [-0.4, -0.2) is 56.5 Å². The van der Waals surface area contributed by atoms with Crippen LogP contribution in [0.2, 0.25) is 0 Å². The van der Waals surface area contributed by atoms with Gasteiger partial charge in [-0.05, 0) is 25.1 Å². The average molecular weight is 387 g/mol. The lowest BCUT2D eigenvalue weighted by molar-refractivity contribution is 0.122. The summed E-state index contributed by atoms with van der Waals surface area (Å²) in [6, 6.07) is 6.77. The van der Waals surface area contributed by atoms with Crippen molar-refractivity contribution in [2.24, 2.45) is 0 Å². The van der Waals surface area contributed by atoms with Gasteiger partial charge in [-0.25, -0.2) is 14.8 Å². The number of aromatic nitrogens is 2. The molecule has 1 aromatic carbocycles. The van der Waals surface area contributed by atoms with Gasteiger partial charge in [0.05, 0.1) is 45.4 Å². The lowest BCUT2D eigenvalue weighted by Crippen LogP contribution is -2.37. The highest BCUT2D eigenvalue weighted by Gasteiger charge is 2.16. The van der Waals surface area contributed by atoms with Crippen molar-refractivity contribution in [2.75, 3.05) is 50.7 Å². The maximum Gasteiger partial charge on any atom is 0.319 e. The highest BCUT2D eigenvalue weighted by atomic mass is 16.5. The smallest absolute Gasteiger partial charge is 0.319 e. The van der Waals surface area contributed by atoms with Gasteiger partial charge in [-0.2, -0.15) is 0 Å². The van der Waals surface area contributed by atoms with Gasteiger partial charge in [0.1, 0.15) is 0 Å². The van der Waals surface area contributed by atoms with E-state index in [0.717, 1.165) is 24.5 Å². The molecule has 0 atom stereocenters. The van der Waals surface area contributed by atoms with Crippen molar-refractivity contribution in [1.82, 2.24) is 15.3 Å². The summed E-state index contributed by atoms with van der Waals surface area (Å²) in [7, 11) is 3.07. The summed E-state index contributed by atoms with van der Waals surface area (Å²) in [4.78, 5) is 23.5. The number of amides is 2. The van der Waals surface area contributed by atoms with E-state index in [-0.39, 0.29) is 12.6 Å². The van der Waals surface area contributed by atoms with E-state index in [1.165, 1.54) is 7.11 Å². The summed E-state index contributed by atoms with van der Waals surface area (Å²) in [6.45, 7) is 5.03. The van der Waals surface area contributed by atoms with E-state index in [2.05, 4.69) is 25.5 Å². The minimum atomic E-state index is -0.365. The first-order valence-electron chi connectivity index (χ1n) is 9.04. The Morgan fingerprint density at radius 3 is 2.71 bits per heavy atom. The SMILES string of the molecule is COc1cccc(NC(=O)NCc2cc(C)nc(N3CCOCC3)n2)c1OC. The second-order valence-electron chi connectivity index (χ2n) is 6.25. The Bertz CT molecular complexity index is 824. The molecule has 9 heteroatoms. The molecule has 0 unspecified atom stereocenters. The molecule has 1 saturated heterocycles. The fraction of sp³-hybridized carbons (Fsp3) is 0.421. The van der Waals surface area contributed by atoms with Gasteiger partial charge in [-0.3, -0.25) is 0 Å². The van der Waals surface area contributed by atoms with Gasteiger partial charge in [0.15, 0.2) is 11.5 Å². The second kappa shape index (κ2) is 9.23. The predicted octanol–water partition coefficient (Wildman–Crippen LogP) is 1.96. The minimum absolute atomic E-state index is 0.277. The quantitative estimate of drug-likeness (QED) is 0.782. The van der Waals surface area contributed by atoms with Crippen LogP contribution in [0.4, 0.5) is 16.4 Å². The third-order valence-electron chi connectivity index (χ3n) is 4.27. The first-order chi connectivity index (χ1) is 13.6. The molecule has 2 N–H and O–H groups in total. The van der Waals surface area contributed by atoms with E-state index in [4.69, 9.17) is 14.2 Å². The molecular weight excluding hydrogens is 362 g/mol. The van der Waals surface area contributed by atoms with E-state index < -0.39 is 0 Å². The van der Waals surface area contributed by atoms with E-state index in [0.29, 0.717) is 36.3 Å². The van der Waals surface area contributed by atoms with Crippen LogP contribution in [0.1, 0.15) is 11.4 Å². The number of hydrogen-bond donors (Lipinski definition) is 2. The molecule has 2 amide bonds. The summed E-state index contributed by atoms with van der Waals surface area (Å²) >= 11 is 0. The fourth-order valence-corrected chi connectivity index (χ4v) is 2.94. The molecule has 2 aromatic rings. The van der Waals surface area contributed by atoms with Crippen molar-refractivity contribution in [3.05, 3.63) is 35.7 Å². The van der Waals surface area contributed by atoms with Gasteiger partial charge in [-0.1, -0.05) is 6.07 Å². The standard InChI is InChI=1S/C19H25N5O4/c1-13-11-14(22-18(21-13)24-7-9-28-10-8-24)12-20-19(25)23-15-5-4-6-16(26-2)17(15)27-3/h4-6,11H,7-10,12H2,1-3H3,(H2,20,23,25). The number of benzene rings is 1. The van der Waals surface area contributed by atoms with Gasteiger partial charge in [0.2, 0.25) is 5.95 Å². The molecular formula is C19H25N5O4. The van der Waals surface area contributed by atoms with Crippen LogP contribution in [0.5, 0.6) is 11.5 Å². The Balaban J connectivity index is 1.64. The summed E-state index contributed by atoms with van der Waals surface area (Å²) in [6.07, 6.45) is 0. The minimum Gasteiger partial charge on any atom is -0.493 e. The Morgan fingerprint density at radius 2 is 2.00 bits per heavy atom. The number of ether oxygens (including phenoxy) is 3. The van der Waals surface area contributed by atoms with Crippen LogP contribution in [0.25, 0.3) is 0 Å². The number of carbonyl (C=O) groups excluding carboxylic acids is 1. The highest BCUT2D eigenvalue weighted by Crippen LogP contribution is 2.34. The second-order valence-corrected chi connectivity index (χ2v) is 6.25. The number of morpholine rings is 1. The normalized spacial score (nSPS) is 13.8. The Hall–Kier alpha value is -3.07. The number of rotatable bonds is 6. The molecule has 28 heavy (non-hydrogen) atoms. The van der Waals surface area contributed by atoms with Gasteiger partial charge in [0.25, 0.3) is 0 Å². The lowest BCUT2D eigenvalue weighted by Gasteiger charge is -2.27. The Morgan fingerprint density at radius 1 is 1.21 bits per heavy atom. The van der Waals surface area contributed by atoms with Crippen LogP contribution in [0.15, 0.2) is 24.3 Å². The highest BCUT2D eigenvalue weighted by molar-refractivity contribution is 5.91. The fourth-order valence-electron chi connectivity index (χ4n) is 2.94. The number of nitrogens with one attached hydrogen (secondary N) is 2. The molecule has 0 bridgehead atoms. The van der Waals surface area contributed by atoms with Gasteiger partial charge in [0, 0.05) is 18.8 Å². The largest absolute Gasteiger partial charge is 0.493 e. The first kappa shape index (κ1) is 19.7. The predicted molar refractivity (Wildman–Crippen MR) is 105 cm³/mol. The summed E-state index contributed by atoms with van der Waals surface area (Å²) in [5.74, 6) is 1.67. The molecule has 0 saturated carbocycles. The number of carbonyl (C=O) groups is 1. The van der Waals surface area contributed by atoms with E-state index >= 15 is 0 Å². The first-order valence-corrected chi connectivity index (χ1v) is 9.04. The van der Waals surface area contributed by atoms with Crippen molar-refractivity contribution < 1.29 is 19.0 Å². The van der Waals surface area contributed by atoms with Gasteiger partial charge < -0.3 is 29.7 Å². The monoisotopic (exact) mass is 387 g/mol. The number of urea groups is 1. The van der Waals surface area contributed by atoms with Crippen LogP contribution < -0.4 is 25.0 Å². The van der Waals surface area contributed by atoms with E-state index in [1.54, 1.807) is 25.3 Å². The Labute approximate surface area is 164 Å². The van der Waals surface area contributed by atoms with Crippen molar-refractivity contribution in [3.63, 3.8) is 0 Å². The maximum absolute atomic E-state index is 12.3. The number of methoxy groups -OCH3 is 2. The zero-order valence-corrected chi connectivity index (χ0v) is 16.3. The third kappa shape index (κ3) is 4.80. The molecule has 1 aliphatic heterocycles. The molecule has 1 fully saturated rings. The van der Waals surface area contributed by atoms with Crippen LogP contribution in [0, 0.1) is 6.92 Å². The number of para-hydroxylation sites is 1. The molecule has 1 aromatic heterocycles. The van der Waals surface area contributed by atoms with Crippen molar-refractivity contribution in [2.45, 2.75) is 13.5 Å². The number of hydrogen-bond acceptors (Lipinski definition) is 7. The number of nitrogens with zero attached hydrogens (tertiary/aromatic N) is 3. The zero-order valence-electron chi connectivity index (χ0n) is 16.3. The molecule has 9 nitrogen and oxygen atoms in total. The summed E-state index contributed by atoms with van der Waals surface area (Å²) in [5.41, 5.74) is 2.11. The van der Waals surface area contributed by atoms with E-state index in [9.17, 15) is 4.79 Å². The zero-order chi connectivity index (χ0) is 19.9. The lowest BCUT2D eigenvalue weighted by atomic mass is 10.2. The molecule has 1 aliphatic rings. The molecule has 0 radical (unpaired) electrons. The number of anilines is 2. The molecule has 0 aliphatic carbocycles. The molecule has 150 valence electrons. The van der Waals surface area contributed by atoms with Crippen LogP contribution in [0.3, 0.4) is 0 Å². The van der Waals surface area contributed by atoms with Gasteiger partial charge >= 0.3 is 6.03 Å². The molecule has 2 heterocycles. The summed E-state index contributed by atoms with van der Waals surface area (Å²) in [5, 5.41) is 5.59. The van der Waals surface area contributed by atoms with Crippen molar-refractivity contribution in [3.8, 4) is 11.5 Å². The molecule has 0 spiro atoms. The Kier molecular flexibility index (Phi) is 6.49. The molecule has 3 rings (SSSR count). The third-order valence-corrected chi connectivity index (χ3v) is 4.27. The van der Waals surface area contributed by atoms with Gasteiger partial charge in [-0.15, -0.1) is 0 Å². The summed E-state index contributed by atoms with van der Waals surface area (Å²) < 4.78 is 15.9. The maximum atomic E-state index is 12.3. The topological polar surface area (TPSA) is 97.8 Å². The average Bonchev–Trinajstić information content (AvgIpc) is 2.72. The number of aryl methyl sites for hydroxylation is 1. The van der Waals surface area contributed by atoms with Crippen molar-refractivity contribution in [1.29, 1.82) is 0 Å². The van der Waals surface area contributed by atoms with Crippen LogP contribution >= 0.6 is 0 Å². The van der Waals surface area contributed by atoms with Crippen LogP contribution in [-0.2, 0) is 11.3 Å². The van der Waals surface area contributed by atoms with E-state index in [1.807, 2.05) is 13.0 Å². The van der Waals surface area contributed by atoms with Crippen molar-refractivity contribution >= 4 is 17.7 Å².